The Bertz CT molecular complexity index is 658. The molecule has 0 bridgehead atoms. The summed E-state index contributed by atoms with van der Waals surface area (Å²) in [6.45, 7) is 11.3. The molecule has 7 nitrogen and oxygen atoms in total. The lowest BCUT2D eigenvalue weighted by atomic mass is 9.96. The Morgan fingerprint density at radius 1 is 1.41 bits per heavy atom. The van der Waals surface area contributed by atoms with Crippen molar-refractivity contribution in [1.82, 2.24) is 20.9 Å². The first kappa shape index (κ1) is 21.3. The summed E-state index contributed by atoms with van der Waals surface area (Å²) in [7, 11) is 0. The molecule has 150 valence electrons. The van der Waals surface area contributed by atoms with Crippen molar-refractivity contribution < 1.29 is 4.79 Å². The van der Waals surface area contributed by atoms with Gasteiger partial charge in [0.15, 0.2) is 5.96 Å². The molecule has 0 saturated carbocycles. The predicted molar refractivity (Wildman–Crippen MR) is 111 cm³/mol. The van der Waals surface area contributed by atoms with Crippen LogP contribution in [0, 0.1) is 5.41 Å². The fourth-order valence-corrected chi connectivity index (χ4v) is 3.04. The number of rotatable bonds is 6. The zero-order chi connectivity index (χ0) is 19.9. The van der Waals surface area contributed by atoms with Crippen molar-refractivity contribution >= 4 is 29.3 Å². The number of aromatic nitrogens is 1. The highest BCUT2D eigenvalue weighted by Gasteiger charge is 2.25. The number of amides is 1. The second-order valence-electron chi connectivity index (χ2n) is 7.65. The van der Waals surface area contributed by atoms with Crippen LogP contribution in [-0.4, -0.2) is 55.6 Å². The van der Waals surface area contributed by atoms with Gasteiger partial charge in [0.1, 0.15) is 5.82 Å². The Balaban J connectivity index is 1.85. The van der Waals surface area contributed by atoms with E-state index in [9.17, 15) is 4.79 Å². The fraction of sp³-hybridized carbons (Fsp3) is 0.632. The van der Waals surface area contributed by atoms with E-state index in [1.54, 1.807) is 6.20 Å². The summed E-state index contributed by atoms with van der Waals surface area (Å²) in [6, 6.07) is 3.97. The molecule has 1 aromatic rings. The van der Waals surface area contributed by atoms with Crippen LogP contribution >= 0.6 is 11.6 Å². The molecule has 2 rings (SSSR count). The van der Waals surface area contributed by atoms with Crippen molar-refractivity contribution in [1.29, 1.82) is 0 Å². The number of nitrogens with one attached hydrogen (secondary N) is 3. The summed E-state index contributed by atoms with van der Waals surface area (Å²) in [5.74, 6) is 1.63. The average Bonchev–Trinajstić information content (AvgIpc) is 3.06. The predicted octanol–water partition coefficient (Wildman–Crippen LogP) is 2.03. The van der Waals surface area contributed by atoms with Gasteiger partial charge < -0.3 is 20.9 Å². The number of carbonyl (C=O) groups is 1. The number of guanidine groups is 1. The lowest BCUT2D eigenvalue weighted by Crippen LogP contribution is -2.45. The van der Waals surface area contributed by atoms with Crippen LogP contribution in [-0.2, 0) is 4.79 Å². The van der Waals surface area contributed by atoms with E-state index < -0.39 is 0 Å². The van der Waals surface area contributed by atoms with Crippen LogP contribution in [0.25, 0.3) is 0 Å². The summed E-state index contributed by atoms with van der Waals surface area (Å²) >= 11 is 6.25. The minimum Gasteiger partial charge on any atom is -0.357 e. The quantitative estimate of drug-likeness (QED) is 0.390. The number of aliphatic imine (C=N–C) groups is 1. The Labute approximate surface area is 167 Å². The third kappa shape index (κ3) is 6.57. The number of carbonyl (C=O) groups excluding carboxylic acids is 1. The molecule has 1 fully saturated rings. The molecule has 3 N–H and O–H groups in total. The standard InChI is InChI=1S/C19H31ClN6O/c1-5-21-18(24-11-10-23-17(27)19(2,3)4)25-14-8-12-26(13-14)16-15(20)7-6-9-22-16/h6-7,9,14H,5,8,10-13H2,1-4H3,(H,23,27)(H2,21,24,25). The van der Waals surface area contributed by atoms with Crippen molar-refractivity contribution in [3.63, 3.8) is 0 Å². The summed E-state index contributed by atoms with van der Waals surface area (Å²) < 4.78 is 0. The van der Waals surface area contributed by atoms with E-state index in [-0.39, 0.29) is 17.4 Å². The molecule has 1 aliphatic heterocycles. The monoisotopic (exact) mass is 394 g/mol. The van der Waals surface area contributed by atoms with Crippen molar-refractivity contribution in [3.8, 4) is 0 Å². The maximum Gasteiger partial charge on any atom is 0.225 e. The van der Waals surface area contributed by atoms with Gasteiger partial charge >= 0.3 is 0 Å². The van der Waals surface area contributed by atoms with Gasteiger partial charge in [-0.25, -0.2) is 4.98 Å². The molecule has 1 aromatic heterocycles. The summed E-state index contributed by atoms with van der Waals surface area (Å²) in [6.07, 6.45) is 2.75. The number of hydrogen-bond acceptors (Lipinski definition) is 4. The number of anilines is 1. The van der Waals surface area contributed by atoms with Gasteiger partial charge in [0.2, 0.25) is 5.91 Å². The molecule has 2 heterocycles. The molecule has 1 unspecified atom stereocenters. The molecule has 0 aromatic carbocycles. The maximum atomic E-state index is 11.9. The molecule has 27 heavy (non-hydrogen) atoms. The van der Waals surface area contributed by atoms with Gasteiger partial charge in [0.05, 0.1) is 11.6 Å². The van der Waals surface area contributed by atoms with Crippen LogP contribution in [0.2, 0.25) is 5.02 Å². The first-order chi connectivity index (χ1) is 12.8. The third-order valence-corrected chi connectivity index (χ3v) is 4.56. The van der Waals surface area contributed by atoms with Crippen LogP contribution < -0.4 is 20.9 Å². The molecule has 1 aliphatic rings. The zero-order valence-electron chi connectivity index (χ0n) is 16.7. The normalized spacial score (nSPS) is 17.7. The summed E-state index contributed by atoms with van der Waals surface area (Å²) in [5, 5.41) is 10.3. The third-order valence-electron chi connectivity index (χ3n) is 4.26. The Morgan fingerprint density at radius 3 is 2.85 bits per heavy atom. The first-order valence-corrected chi connectivity index (χ1v) is 9.87. The van der Waals surface area contributed by atoms with Crippen LogP contribution in [0.4, 0.5) is 5.82 Å². The maximum absolute atomic E-state index is 11.9. The van der Waals surface area contributed by atoms with E-state index in [0.29, 0.717) is 18.1 Å². The second kappa shape index (κ2) is 9.78. The summed E-state index contributed by atoms with van der Waals surface area (Å²) in [4.78, 5) is 23.0. The minimum atomic E-state index is -0.382. The SMILES string of the molecule is CCNC(=NCCNC(=O)C(C)(C)C)NC1CCN(c2ncccc2Cl)C1. The molecule has 1 amide bonds. The Hall–Kier alpha value is -2.02. The lowest BCUT2D eigenvalue weighted by Gasteiger charge is -2.20. The molecule has 8 heteroatoms. The molecule has 0 spiro atoms. The number of nitrogens with zero attached hydrogens (tertiary/aromatic N) is 3. The molecule has 0 aliphatic carbocycles. The smallest absolute Gasteiger partial charge is 0.225 e. The molecular formula is C19H31ClN6O. The Morgan fingerprint density at radius 2 is 2.19 bits per heavy atom. The van der Waals surface area contributed by atoms with E-state index in [2.05, 4.69) is 30.8 Å². The minimum absolute atomic E-state index is 0.0364. The number of pyridine rings is 1. The van der Waals surface area contributed by atoms with Crippen LogP contribution in [0.1, 0.15) is 34.1 Å². The van der Waals surface area contributed by atoms with E-state index in [1.165, 1.54) is 0 Å². The van der Waals surface area contributed by atoms with Crippen molar-refractivity contribution in [2.24, 2.45) is 10.4 Å². The van der Waals surface area contributed by atoms with Gasteiger partial charge in [-0.1, -0.05) is 32.4 Å². The van der Waals surface area contributed by atoms with Gasteiger partial charge in [-0.2, -0.15) is 0 Å². The van der Waals surface area contributed by atoms with Crippen LogP contribution in [0.3, 0.4) is 0 Å². The van der Waals surface area contributed by atoms with Crippen LogP contribution in [0.5, 0.6) is 0 Å². The highest BCUT2D eigenvalue weighted by atomic mass is 35.5. The van der Waals surface area contributed by atoms with E-state index >= 15 is 0 Å². The molecule has 0 radical (unpaired) electrons. The molecular weight excluding hydrogens is 364 g/mol. The lowest BCUT2D eigenvalue weighted by molar-refractivity contribution is -0.128. The highest BCUT2D eigenvalue weighted by molar-refractivity contribution is 6.32. The highest BCUT2D eigenvalue weighted by Crippen LogP contribution is 2.25. The van der Waals surface area contributed by atoms with Gasteiger partial charge in [0.25, 0.3) is 0 Å². The molecule has 1 saturated heterocycles. The van der Waals surface area contributed by atoms with Crippen LogP contribution in [0.15, 0.2) is 23.3 Å². The fourth-order valence-electron chi connectivity index (χ4n) is 2.80. The van der Waals surface area contributed by atoms with Gasteiger partial charge in [-0.3, -0.25) is 9.79 Å². The Kier molecular flexibility index (Phi) is 7.71. The van der Waals surface area contributed by atoms with E-state index in [0.717, 1.165) is 37.8 Å². The number of halogens is 1. The van der Waals surface area contributed by atoms with Gasteiger partial charge in [-0.05, 0) is 25.5 Å². The van der Waals surface area contributed by atoms with Crippen molar-refractivity contribution in [2.45, 2.75) is 40.2 Å². The topological polar surface area (TPSA) is 81.6 Å². The van der Waals surface area contributed by atoms with Gasteiger partial charge in [-0.15, -0.1) is 0 Å². The van der Waals surface area contributed by atoms with Gasteiger partial charge in [0, 0.05) is 43.8 Å². The van der Waals surface area contributed by atoms with E-state index in [1.807, 2.05) is 39.8 Å². The first-order valence-electron chi connectivity index (χ1n) is 9.50. The van der Waals surface area contributed by atoms with Crippen molar-refractivity contribution in [2.75, 3.05) is 37.6 Å². The second-order valence-corrected chi connectivity index (χ2v) is 8.06. The number of hydrogen-bond donors (Lipinski definition) is 3. The van der Waals surface area contributed by atoms with Crippen molar-refractivity contribution in [3.05, 3.63) is 23.4 Å². The summed E-state index contributed by atoms with van der Waals surface area (Å²) in [5.41, 5.74) is -0.382. The molecule has 1 atom stereocenters. The zero-order valence-corrected chi connectivity index (χ0v) is 17.4. The van der Waals surface area contributed by atoms with E-state index in [4.69, 9.17) is 11.6 Å². The average molecular weight is 395 g/mol. The largest absolute Gasteiger partial charge is 0.357 e.